The zero-order chi connectivity index (χ0) is 15.2. The second-order valence-corrected chi connectivity index (χ2v) is 4.61. The fourth-order valence-electron chi connectivity index (χ4n) is 1.63. The van der Waals surface area contributed by atoms with Crippen LogP contribution in [0.25, 0.3) is 0 Å². The first-order valence-corrected chi connectivity index (χ1v) is 6.44. The van der Waals surface area contributed by atoms with Crippen LogP contribution in [0.1, 0.15) is 10.5 Å². The zero-order valence-electron chi connectivity index (χ0n) is 12.3. The minimum absolute atomic E-state index is 0.179. The third-order valence-electron chi connectivity index (χ3n) is 2.72. The molecule has 2 heterocycles. The SMILES string of the molecule is COCCn1cc(Nc2ccc(C(=O)N(C)C)nn2)cn1. The highest BCUT2D eigenvalue weighted by Crippen LogP contribution is 2.12. The molecule has 1 amide bonds. The number of carbonyl (C=O) groups excluding carboxylic acids is 1. The molecule has 8 heteroatoms. The smallest absolute Gasteiger partial charge is 0.273 e. The van der Waals surface area contributed by atoms with Crippen molar-refractivity contribution in [3.63, 3.8) is 0 Å². The Morgan fingerprint density at radius 1 is 1.38 bits per heavy atom. The van der Waals surface area contributed by atoms with Crippen molar-refractivity contribution in [3.05, 3.63) is 30.2 Å². The molecular formula is C13H18N6O2. The quantitative estimate of drug-likeness (QED) is 0.845. The summed E-state index contributed by atoms with van der Waals surface area (Å²) in [4.78, 5) is 13.2. The number of hydrogen-bond acceptors (Lipinski definition) is 6. The average Bonchev–Trinajstić information content (AvgIpc) is 2.92. The third-order valence-corrected chi connectivity index (χ3v) is 2.72. The third kappa shape index (κ3) is 3.99. The van der Waals surface area contributed by atoms with Crippen LogP contribution in [-0.4, -0.2) is 58.6 Å². The molecule has 0 atom stereocenters. The number of carbonyl (C=O) groups is 1. The molecule has 0 saturated carbocycles. The van der Waals surface area contributed by atoms with Gasteiger partial charge in [-0.25, -0.2) is 0 Å². The van der Waals surface area contributed by atoms with Crippen LogP contribution < -0.4 is 5.32 Å². The van der Waals surface area contributed by atoms with Crippen LogP contribution in [0.2, 0.25) is 0 Å². The van der Waals surface area contributed by atoms with Crippen LogP contribution >= 0.6 is 0 Å². The molecule has 0 fully saturated rings. The molecule has 0 bridgehead atoms. The van der Waals surface area contributed by atoms with Gasteiger partial charge in [0, 0.05) is 27.4 Å². The van der Waals surface area contributed by atoms with Gasteiger partial charge in [-0.3, -0.25) is 9.48 Å². The Kier molecular flexibility index (Phi) is 4.83. The molecule has 0 aliphatic rings. The van der Waals surface area contributed by atoms with Crippen molar-refractivity contribution in [3.8, 4) is 0 Å². The van der Waals surface area contributed by atoms with E-state index in [0.717, 1.165) is 5.69 Å². The highest BCUT2D eigenvalue weighted by atomic mass is 16.5. The molecule has 21 heavy (non-hydrogen) atoms. The van der Waals surface area contributed by atoms with Crippen LogP contribution in [0, 0.1) is 0 Å². The van der Waals surface area contributed by atoms with E-state index in [-0.39, 0.29) is 5.91 Å². The van der Waals surface area contributed by atoms with Crippen molar-refractivity contribution in [1.82, 2.24) is 24.9 Å². The number of rotatable bonds is 6. The van der Waals surface area contributed by atoms with Gasteiger partial charge in [0.25, 0.3) is 5.91 Å². The Balaban J connectivity index is 2.00. The van der Waals surface area contributed by atoms with Crippen LogP contribution in [0.5, 0.6) is 0 Å². The summed E-state index contributed by atoms with van der Waals surface area (Å²) in [5, 5.41) is 15.1. The second kappa shape index (κ2) is 6.80. The number of nitrogens with zero attached hydrogens (tertiary/aromatic N) is 5. The minimum atomic E-state index is -0.179. The fourth-order valence-corrected chi connectivity index (χ4v) is 1.63. The zero-order valence-corrected chi connectivity index (χ0v) is 12.3. The molecule has 0 aliphatic heterocycles. The van der Waals surface area contributed by atoms with Crippen LogP contribution in [0.3, 0.4) is 0 Å². The number of ether oxygens (including phenoxy) is 1. The topological polar surface area (TPSA) is 85.2 Å². The molecule has 2 aromatic heterocycles. The molecule has 2 rings (SSSR count). The first-order valence-electron chi connectivity index (χ1n) is 6.44. The lowest BCUT2D eigenvalue weighted by molar-refractivity contribution is 0.0821. The summed E-state index contributed by atoms with van der Waals surface area (Å²) in [6.45, 7) is 1.28. The van der Waals surface area contributed by atoms with Gasteiger partial charge in [0.1, 0.15) is 0 Å². The molecule has 2 aromatic rings. The predicted octanol–water partition coefficient (Wildman–Crippen LogP) is 0.765. The monoisotopic (exact) mass is 290 g/mol. The molecule has 0 unspecified atom stereocenters. The highest BCUT2D eigenvalue weighted by Gasteiger charge is 2.10. The van der Waals surface area contributed by atoms with Crippen molar-refractivity contribution in [2.24, 2.45) is 0 Å². The first kappa shape index (κ1) is 14.9. The second-order valence-electron chi connectivity index (χ2n) is 4.61. The van der Waals surface area contributed by atoms with Gasteiger partial charge in [-0.15, -0.1) is 10.2 Å². The summed E-state index contributed by atoms with van der Waals surface area (Å²) in [6.07, 6.45) is 3.54. The van der Waals surface area contributed by atoms with Crippen molar-refractivity contribution in [1.29, 1.82) is 0 Å². The van der Waals surface area contributed by atoms with Gasteiger partial charge in [-0.2, -0.15) is 5.10 Å². The van der Waals surface area contributed by atoms with Crippen LogP contribution in [-0.2, 0) is 11.3 Å². The summed E-state index contributed by atoms with van der Waals surface area (Å²) in [7, 11) is 4.99. The summed E-state index contributed by atoms with van der Waals surface area (Å²) in [5.41, 5.74) is 1.11. The maximum Gasteiger partial charge on any atom is 0.273 e. The molecular weight excluding hydrogens is 272 g/mol. The molecule has 1 N–H and O–H groups in total. The van der Waals surface area contributed by atoms with Gasteiger partial charge in [0.2, 0.25) is 0 Å². The number of hydrogen-bond donors (Lipinski definition) is 1. The van der Waals surface area contributed by atoms with E-state index in [2.05, 4.69) is 20.6 Å². The Bertz CT molecular complexity index is 593. The Labute approximate surface area is 122 Å². The number of anilines is 2. The lowest BCUT2D eigenvalue weighted by Crippen LogP contribution is -2.23. The number of aromatic nitrogens is 4. The Morgan fingerprint density at radius 3 is 2.81 bits per heavy atom. The molecule has 0 radical (unpaired) electrons. The predicted molar refractivity (Wildman–Crippen MR) is 77.4 cm³/mol. The summed E-state index contributed by atoms with van der Waals surface area (Å²) in [6, 6.07) is 3.34. The van der Waals surface area contributed by atoms with Gasteiger partial charge >= 0.3 is 0 Å². The van der Waals surface area contributed by atoms with Crippen molar-refractivity contribution >= 4 is 17.4 Å². The lowest BCUT2D eigenvalue weighted by Gasteiger charge is -2.09. The van der Waals surface area contributed by atoms with E-state index in [1.807, 2.05) is 6.20 Å². The van der Waals surface area contributed by atoms with Crippen LogP contribution in [0.4, 0.5) is 11.5 Å². The maximum absolute atomic E-state index is 11.7. The van der Waals surface area contributed by atoms with Crippen molar-refractivity contribution in [2.75, 3.05) is 33.1 Å². The molecule has 0 saturated heterocycles. The largest absolute Gasteiger partial charge is 0.383 e. The summed E-state index contributed by atoms with van der Waals surface area (Å²) >= 11 is 0. The number of nitrogens with one attached hydrogen (secondary N) is 1. The molecule has 0 aromatic carbocycles. The summed E-state index contributed by atoms with van der Waals surface area (Å²) < 4.78 is 6.76. The average molecular weight is 290 g/mol. The van der Waals surface area contributed by atoms with Crippen LogP contribution in [0.15, 0.2) is 24.5 Å². The van der Waals surface area contributed by atoms with Gasteiger partial charge in [-0.05, 0) is 12.1 Å². The molecule has 0 spiro atoms. The van der Waals surface area contributed by atoms with Gasteiger partial charge < -0.3 is 15.0 Å². The van der Waals surface area contributed by atoms with Gasteiger partial charge in [0.05, 0.1) is 25.0 Å². The maximum atomic E-state index is 11.7. The normalized spacial score (nSPS) is 10.4. The van der Waals surface area contributed by atoms with Gasteiger partial charge in [0.15, 0.2) is 11.5 Å². The molecule has 0 aliphatic carbocycles. The first-order chi connectivity index (χ1) is 10.1. The van der Waals surface area contributed by atoms with E-state index in [1.54, 1.807) is 44.2 Å². The van der Waals surface area contributed by atoms with Crippen molar-refractivity contribution < 1.29 is 9.53 Å². The minimum Gasteiger partial charge on any atom is -0.383 e. The molecule has 112 valence electrons. The van der Waals surface area contributed by atoms with E-state index in [9.17, 15) is 4.79 Å². The Hall–Kier alpha value is -2.48. The summed E-state index contributed by atoms with van der Waals surface area (Å²) in [5.74, 6) is 0.373. The number of methoxy groups -OCH3 is 1. The highest BCUT2D eigenvalue weighted by molar-refractivity contribution is 5.91. The lowest BCUT2D eigenvalue weighted by atomic mass is 10.3. The van der Waals surface area contributed by atoms with E-state index < -0.39 is 0 Å². The Morgan fingerprint density at radius 2 is 2.19 bits per heavy atom. The van der Waals surface area contributed by atoms with Crippen molar-refractivity contribution in [2.45, 2.75) is 6.54 Å². The van der Waals surface area contributed by atoms with E-state index in [0.29, 0.717) is 24.7 Å². The fraction of sp³-hybridized carbons (Fsp3) is 0.385. The van der Waals surface area contributed by atoms with Gasteiger partial charge in [-0.1, -0.05) is 0 Å². The van der Waals surface area contributed by atoms with E-state index >= 15 is 0 Å². The van der Waals surface area contributed by atoms with E-state index in [1.165, 1.54) is 4.90 Å². The number of amides is 1. The van der Waals surface area contributed by atoms with E-state index in [4.69, 9.17) is 4.74 Å². The molecule has 8 nitrogen and oxygen atoms in total. The standard InChI is InChI=1S/C13H18N6O2/c1-18(2)13(20)11-4-5-12(17-16-11)15-10-8-14-19(9-10)6-7-21-3/h4-5,8-9H,6-7H2,1-3H3,(H,15,17).